The molecule has 13 nitrogen and oxygen atoms in total. The van der Waals surface area contributed by atoms with Crippen molar-refractivity contribution in [2.75, 3.05) is 11.6 Å². The summed E-state index contributed by atoms with van der Waals surface area (Å²) in [6.07, 6.45) is 0.0249. The fourth-order valence-corrected chi connectivity index (χ4v) is 4.31. The fourth-order valence-electron chi connectivity index (χ4n) is 4.00. The molecule has 2 aromatic rings. The minimum absolute atomic E-state index is 0.0249. The van der Waals surface area contributed by atoms with Gasteiger partial charge < -0.3 is 15.2 Å². The van der Waals surface area contributed by atoms with E-state index < -0.39 is 51.7 Å². The molecule has 3 N–H and O–H groups in total. The number of carbonyl (C=O) groups is 5. The maximum atomic E-state index is 13.3. The Labute approximate surface area is 221 Å². The number of aromatic carboxylic acids is 1. The van der Waals surface area contributed by atoms with Crippen LogP contribution in [0, 0.1) is 22.0 Å². The van der Waals surface area contributed by atoms with E-state index in [1.165, 1.54) is 55.5 Å². The Morgan fingerprint density at radius 3 is 2.47 bits per heavy atom. The van der Waals surface area contributed by atoms with Crippen molar-refractivity contribution in [3.05, 3.63) is 69.8 Å². The van der Waals surface area contributed by atoms with Crippen LogP contribution in [0.15, 0.2) is 48.5 Å². The lowest BCUT2D eigenvalue weighted by Crippen LogP contribution is -2.52. The number of non-ortho nitro benzene ring substituents is 1. The van der Waals surface area contributed by atoms with Crippen LogP contribution in [0.3, 0.4) is 0 Å². The highest BCUT2D eigenvalue weighted by atomic mass is 32.1. The molecule has 2 amide bonds. The lowest BCUT2D eigenvalue weighted by atomic mass is 9.90. The van der Waals surface area contributed by atoms with Crippen LogP contribution in [0.1, 0.15) is 29.3 Å². The van der Waals surface area contributed by atoms with Crippen LogP contribution in [0.4, 0.5) is 11.4 Å². The van der Waals surface area contributed by atoms with Gasteiger partial charge in [0.25, 0.3) is 11.6 Å². The van der Waals surface area contributed by atoms with Gasteiger partial charge in [0.2, 0.25) is 5.91 Å². The van der Waals surface area contributed by atoms with Crippen molar-refractivity contribution < 1.29 is 38.7 Å². The summed E-state index contributed by atoms with van der Waals surface area (Å²) in [6, 6.07) is 9.86. The lowest BCUT2D eigenvalue weighted by Gasteiger charge is -2.26. The van der Waals surface area contributed by atoms with Crippen LogP contribution in [0.5, 0.6) is 0 Å². The van der Waals surface area contributed by atoms with E-state index in [4.69, 9.17) is 4.74 Å². The molecule has 38 heavy (non-hydrogen) atoms. The SMILES string of the molecule is CC(=O)NN(C(=O)[C@@H]1C[C@@H](C(C(=O)S)C(=O)OCc2ccc([N+](=O)[O-])cc2)CN1)c1cccc(C(=O)O)c1. The van der Waals surface area contributed by atoms with Crippen molar-refractivity contribution in [1.29, 1.82) is 0 Å². The first-order chi connectivity index (χ1) is 18.0. The molecule has 0 aliphatic carbocycles. The van der Waals surface area contributed by atoms with Gasteiger partial charge in [-0.25, -0.2) is 9.80 Å². The minimum atomic E-state index is -1.30. The predicted molar refractivity (Wildman–Crippen MR) is 135 cm³/mol. The summed E-state index contributed by atoms with van der Waals surface area (Å²) >= 11 is 3.83. The van der Waals surface area contributed by atoms with Crippen molar-refractivity contribution in [2.24, 2.45) is 11.8 Å². The normalized spacial score (nSPS) is 17.2. The first-order valence-corrected chi connectivity index (χ1v) is 11.7. The quantitative estimate of drug-likeness (QED) is 0.118. The number of hydrazine groups is 1. The largest absolute Gasteiger partial charge is 0.478 e. The highest BCUT2D eigenvalue weighted by molar-refractivity contribution is 7.96. The molecule has 1 saturated heterocycles. The first kappa shape index (κ1) is 28.3. The van der Waals surface area contributed by atoms with Gasteiger partial charge in [-0.1, -0.05) is 6.07 Å². The van der Waals surface area contributed by atoms with Gasteiger partial charge in [-0.15, -0.1) is 12.6 Å². The highest BCUT2D eigenvalue weighted by Gasteiger charge is 2.42. The van der Waals surface area contributed by atoms with Crippen molar-refractivity contribution in [2.45, 2.75) is 26.0 Å². The van der Waals surface area contributed by atoms with Gasteiger partial charge in [-0.05, 0) is 48.2 Å². The van der Waals surface area contributed by atoms with Crippen LogP contribution in [0.2, 0.25) is 0 Å². The molecule has 0 bridgehead atoms. The van der Waals surface area contributed by atoms with E-state index in [0.717, 1.165) is 5.01 Å². The zero-order valence-electron chi connectivity index (χ0n) is 20.0. The molecule has 3 rings (SSSR count). The minimum Gasteiger partial charge on any atom is -0.478 e. The van der Waals surface area contributed by atoms with Gasteiger partial charge >= 0.3 is 11.9 Å². The molecule has 1 aliphatic rings. The summed E-state index contributed by atoms with van der Waals surface area (Å²) in [7, 11) is 0. The molecule has 0 aromatic heterocycles. The zero-order valence-corrected chi connectivity index (χ0v) is 20.9. The third kappa shape index (κ3) is 6.92. The monoisotopic (exact) mass is 544 g/mol. The number of nitro benzene ring substituents is 1. The number of esters is 1. The summed E-state index contributed by atoms with van der Waals surface area (Å²) in [4.78, 5) is 71.6. The number of nitrogens with one attached hydrogen (secondary N) is 2. The summed E-state index contributed by atoms with van der Waals surface area (Å²) in [5, 5.41) is 23.1. The van der Waals surface area contributed by atoms with Crippen molar-refractivity contribution >= 4 is 52.9 Å². The third-order valence-electron chi connectivity index (χ3n) is 5.82. The average molecular weight is 545 g/mol. The molecular formula is C24H24N4O9S. The van der Waals surface area contributed by atoms with E-state index >= 15 is 0 Å². The van der Waals surface area contributed by atoms with E-state index in [1.54, 1.807) is 0 Å². The van der Waals surface area contributed by atoms with Crippen LogP contribution in [-0.2, 0) is 30.5 Å². The van der Waals surface area contributed by atoms with E-state index in [-0.39, 0.29) is 36.5 Å². The van der Waals surface area contributed by atoms with Crippen LogP contribution in [-0.4, -0.2) is 51.5 Å². The lowest BCUT2D eigenvalue weighted by molar-refractivity contribution is -0.384. The predicted octanol–water partition coefficient (Wildman–Crippen LogP) is 1.47. The summed E-state index contributed by atoms with van der Waals surface area (Å²) in [5.74, 6) is -5.25. The topological polar surface area (TPSA) is 185 Å². The standard InChI is InChI=1S/C24H24N4O9S/c1-13(29)26-27(18-4-2-3-15(9-18)22(31)32)21(30)19-10-16(11-25-19)20(24(34)38)23(33)37-12-14-5-7-17(8-6-14)28(35)36/h2-9,16,19-20,25H,10-12H2,1H3,(H,26,29)(H,31,32)(H,34,38)/t16-,19+,20?/m1/s1. The second-order valence-electron chi connectivity index (χ2n) is 8.50. The summed E-state index contributed by atoms with van der Waals surface area (Å²) in [6.45, 7) is 1.04. The Balaban J connectivity index is 1.70. The van der Waals surface area contributed by atoms with Gasteiger partial charge in [-0.2, -0.15) is 0 Å². The highest BCUT2D eigenvalue weighted by Crippen LogP contribution is 2.28. The van der Waals surface area contributed by atoms with E-state index in [9.17, 15) is 39.2 Å². The van der Waals surface area contributed by atoms with Gasteiger partial charge in [0.1, 0.15) is 12.5 Å². The molecule has 1 aliphatic heterocycles. The van der Waals surface area contributed by atoms with Crippen LogP contribution < -0.4 is 15.8 Å². The molecule has 1 unspecified atom stereocenters. The Kier molecular flexibility index (Phi) is 9.15. The Bertz CT molecular complexity index is 1270. The Morgan fingerprint density at radius 1 is 1.21 bits per heavy atom. The number of carboxylic acids is 1. The van der Waals surface area contributed by atoms with Gasteiger partial charge in [0, 0.05) is 25.6 Å². The van der Waals surface area contributed by atoms with Gasteiger partial charge in [0.15, 0.2) is 5.12 Å². The summed E-state index contributed by atoms with van der Waals surface area (Å²) < 4.78 is 5.25. The van der Waals surface area contributed by atoms with Gasteiger partial charge in [0.05, 0.1) is 22.2 Å². The molecule has 14 heteroatoms. The third-order valence-corrected chi connectivity index (χ3v) is 6.10. The number of hydrogen-bond acceptors (Lipinski definition) is 9. The number of rotatable bonds is 9. The van der Waals surface area contributed by atoms with Crippen LogP contribution >= 0.6 is 12.6 Å². The van der Waals surface area contributed by atoms with Gasteiger partial charge in [-0.3, -0.25) is 34.7 Å². The van der Waals surface area contributed by atoms with E-state index in [0.29, 0.717) is 5.56 Å². The van der Waals surface area contributed by atoms with Crippen molar-refractivity contribution in [3.8, 4) is 0 Å². The molecule has 1 fully saturated rings. The molecule has 2 aromatic carbocycles. The number of carbonyl (C=O) groups excluding carboxylic acids is 4. The van der Waals surface area contributed by atoms with Crippen LogP contribution in [0.25, 0.3) is 0 Å². The number of benzene rings is 2. The molecule has 200 valence electrons. The number of carboxylic acid groups (broad SMARTS) is 1. The molecular weight excluding hydrogens is 520 g/mol. The fraction of sp³-hybridized carbons (Fsp3) is 0.292. The molecule has 1 heterocycles. The van der Waals surface area contributed by atoms with Crippen molar-refractivity contribution in [3.63, 3.8) is 0 Å². The smallest absolute Gasteiger partial charge is 0.335 e. The number of amides is 2. The Morgan fingerprint density at radius 2 is 1.89 bits per heavy atom. The first-order valence-electron chi connectivity index (χ1n) is 11.3. The second-order valence-corrected chi connectivity index (χ2v) is 8.94. The summed E-state index contributed by atoms with van der Waals surface area (Å²) in [5.41, 5.74) is 2.73. The van der Waals surface area contributed by atoms with E-state index in [1.807, 2.05) is 0 Å². The zero-order chi connectivity index (χ0) is 28.0. The van der Waals surface area contributed by atoms with Crippen molar-refractivity contribution in [1.82, 2.24) is 10.7 Å². The molecule has 3 atom stereocenters. The molecule has 0 spiro atoms. The maximum absolute atomic E-state index is 13.3. The number of hydrogen-bond donors (Lipinski definition) is 4. The molecule has 0 radical (unpaired) electrons. The number of anilines is 1. The molecule has 0 saturated carbocycles. The Hall–Kier alpha value is -4.30. The number of nitrogens with zero attached hydrogens (tertiary/aromatic N) is 2. The maximum Gasteiger partial charge on any atom is 0.335 e. The van der Waals surface area contributed by atoms with E-state index in [2.05, 4.69) is 23.4 Å². The average Bonchev–Trinajstić information content (AvgIpc) is 3.35. The number of thiol groups is 1. The number of nitro groups is 1. The number of ether oxygens (including phenoxy) is 1. The second kappa shape index (κ2) is 12.3.